The molecule has 0 radical (unpaired) electrons. The van der Waals surface area contributed by atoms with Crippen LogP contribution in [0.5, 0.6) is 0 Å². The maximum Gasteiger partial charge on any atom is 0.262 e. The van der Waals surface area contributed by atoms with E-state index in [0.717, 1.165) is 5.69 Å². The van der Waals surface area contributed by atoms with Gasteiger partial charge in [-0.05, 0) is 32.4 Å². The number of thioether (sulfide) groups is 1. The number of carbonyl (C=O) groups excluding carboxylic acids is 1. The number of anilines is 1. The van der Waals surface area contributed by atoms with E-state index in [1.807, 2.05) is 41.8 Å². The van der Waals surface area contributed by atoms with Gasteiger partial charge < -0.3 is 10.1 Å². The number of rotatable bonds is 9. The van der Waals surface area contributed by atoms with Crippen LogP contribution in [0.4, 0.5) is 5.13 Å². The lowest BCUT2D eigenvalue weighted by atomic mass is 10.2. The summed E-state index contributed by atoms with van der Waals surface area (Å²) >= 11 is 2.65. The lowest BCUT2D eigenvalue weighted by molar-refractivity contribution is -0.113. The van der Waals surface area contributed by atoms with Gasteiger partial charge in [0.1, 0.15) is 0 Å². The first-order chi connectivity index (χ1) is 15.1. The molecule has 0 fully saturated rings. The van der Waals surface area contributed by atoms with Gasteiger partial charge in [-0.25, -0.2) is 4.98 Å². The van der Waals surface area contributed by atoms with Crippen molar-refractivity contribution in [2.75, 3.05) is 24.3 Å². The summed E-state index contributed by atoms with van der Waals surface area (Å²) in [6, 6.07) is 7.36. The smallest absolute Gasteiger partial charge is 0.262 e. The Morgan fingerprint density at radius 1 is 1.29 bits per heavy atom. The first-order valence-electron chi connectivity index (χ1n) is 9.87. The number of fused-ring (bicyclic) bond motifs is 3. The SMILES string of the molecule is CCOCCCn1c(=O)c2ccccc2n2c(SCC(=O)Nc3nc(C)cs3)nnc12. The third-order valence-electron chi connectivity index (χ3n) is 4.55. The van der Waals surface area contributed by atoms with E-state index in [2.05, 4.69) is 20.5 Å². The minimum absolute atomic E-state index is 0.111. The summed E-state index contributed by atoms with van der Waals surface area (Å²) in [5.41, 5.74) is 1.47. The molecule has 0 atom stereocenters. The van der Waals surface area contributed by atoms with Crippen LogP contribution in [0.3, 0.4) is 0 Å². The molecule has 0 spiro atoms. The van der Waals surface area contributed by atoms with Crippen molar-refractivity contribution in [1.29, 1.82) is 0 Å². The number of hydrogen-bond donors (Lipinski definition) is 1. The highest BCUT2D eigenvalue weighted by Crippen LogP contribution is 2.22. The molecule has 9 nitrogen and oxygen atoms in total. The van der Waals surface area contributed by atoms with Crippen LogP contribution in [0.25, 0.3) is 16.7 Å². The fraction of sp³-hybridized carbons (Fsp3) is 0.350. The van der Waals surface area contributed by atoms with Crippen LogP contribution in [0.1, 0.15) is 19.0 Å². The molecule has 4 aromatic rings. The third kappa shape index (κ3) is 4.63. The van der Waals surface area contributed by atoms with Gasteiger partial charge >= 0.3 is 0 Å². The highest BCUT2D eigenvalue weighted by molar-refractivity contribution is 7.99. The number of nitrogens with zero attached hydrogens (tertiary/aromatic N) is 5. The van der Waals surface area contributed by atoms with Gasteiger partial charge in [-0.2, -0.15) is 0 Å². The molecule has 3 aromatic heterocycles. The van der Waals surface area contributed by atoms with Gasteiger partial charge in [-0.3, -0.25) is 18.6 Å². The van der Waals surface area contributed by atoms with Gasteiger partial charge in [0.25, 0.3) is 5.56 Å². The molecule has 0 bridgehead atoms. The second-order valence-electron chi connectivity index (χ2n) is 6.77. The number of thiazole rings is 1. The number of aromatic nitrogens is 5. The maximum atomic E-state index is 13.1. The fourth-order valence-corrected chi connectivity index (χ4v) is 4.64. The average molecular weight is 459 g/mol. The molecule has 0 aliphatic rings. The molecule has 0 unspecified atom stereocenters. The minimum Gasteiger partial charge on any atom is -0.382 e. The van der Waals surface area contributed by atoms with E-state index < -0.39 is 0 Å². The quantitative estimate of drug-likeness (QED) is 0.304. The van der Waals surface area contributed by atoms with Gasteiger partial charge in [-0.1, -0.05) is 23.9 Å². The monoisotopic (exact) mass is 458 g/mol. The molecule has 0 aliphatic heterocycles. The van der Waals surface area contributed by atoms with Gasteiger partial charge in [0.2, 0.25) is 11.7 Å². The summed E-state index contributed by atoms with van der Waals surface area (Å²) in [5, 5.41) is 14.9. The normalized spacial score (nSPS) is 11.4. The van der Waals surface area contributed by atoms with Crippen LogP contribution < -0.4 is 10.9 Å². The van der Waals surface area contributed by atoms with E-state index in [0.29, 0.717) is 53.1 Å². The van der Waals surface area contributed by atoms with Crippen LogP contribution in [-0.4, -0.2) is 49.0 Å². The molecule has 1 aromatic carbocycles. The molecule has 162 valence electrons. The first-order valence-corrected chi connectivity index (χ1v) is 11.7. The molecule has 1 amide bonds. The topological polar surface area (TPSA) is 103 Å². The van der Waals surface area contributed by atoms with Gasteiger partial charge in [0.05, 0.1) is 22.3 Å². The third-order valence-corrected chi connectivity index (χ3v) is 6.35. The predicted octanol–water partition coefficient (Wildman–Crippen LogP) is 2.97. The van der Waals surface area contributed by atoms with Gasteiger partial charge in [0, 0.05) is 25.1 Å². The summed E-state index contributed by atoms with van der Waals surface area (Å²) in [7, 11) is 0. The van der Waals surface area contributed by atoms with E-state index in [9.17, 15) is 9.59 Å². The molecule has 3 heterocycles. The van der Waals surface area contributed by atoms with Crippen LogP contribution in [-0.2, 0) is 16.1 Å². The van der Waals surface area contributed by atoms with Crippen molar-refractivity contribution in [1.82, 2.24) is 24.1 Å². The van der Waals surface area contributed by atoms with Crippen LogP contribution in [0.15, 0.2) is 39.6 Å². The van der Waals surface area contributed by atoms with Crippen molar-refractivity contribution in [3.63, 3.8) is 0 Å². The Morgan fingerprint density at radius 3 is 2.90 bits per heavy atom. The van der Waals surface area contributed by atoms with Crippen molar-refractivity contribution in [3.05, 3.63) is 45.7 Å². The summed E-state index contributed by atoms with van der Waals surface area (Å²) < 4.78 is 8.86. The molecule has 31 heavy (non-hydrogen) atoms. The largest absolute Gasteiger partial charge is 0.382 e. The molecular weight excluding hydrogens is 436 g/mol. The van der Waals surface area contributed by atoms with E-state index >= 15 is 0 Å². The molecule has 11 heteroatoms. The van der Waals surface area contributed by atoms with E-state index in [4.69, 9.17) is 4.74 Å². The minimum atomic E-state index is -0.176. The van der Waals surface area contributed by atoms with E-state index in [1.54, 1.807) is 10.6 Å². The van der Waals surface area contributed by atoms with Crippen molar-refractivity contribution in [2.45, 2.75) is 32.0 Å². The Kier molecular flexibility index (Phi) is 6.64. The Morgan fingerprint density at radius 2 is 2.13 bits per heavy atom. The number of aryl methyl sites for hydroxylation is 2. The number of benzene rings is 1. The number of hydrogen-bond acceptors (Lipinski definition) is 8. The first kappa shape index (κ1) is 21.5. The zero-order valence-corrected chi connectivity index (χ0v) is 18.8. The summed E-state index contributed by atoms with van der Waals surface area (Å²) in [5.74, 6) is 0.432. The summed E-state index contributed by atoms with van der Waals surface area (Å²) in [6.07, 6.45) is 0.687. The van der Waals surface area contributed by atoms with E-state index in [-0.39, 0.29) is 17.2 Å². The zero-order valence-electron chi connectivity index (χ0n) is 17.2. The highest BCUT2D eigenvalue weighted by atomic mass is 32.2. The van der Waals surface area contributed by atoms with Crippen LogP contribution in [0, 0.1) is 6.92 Å². The Bertz CT molecular complexity index is 1280. The maximum absolute atomic E-state index is 13.1. The number of nitrogens with one attached hydrogen (secondary N) is 1. The molecular formula is C20H22N6O3S2. The molecule has 0 saturated carbocycles. The number of carbonyl (C=O) groups is 1. The summed E-state index contributed by atoms with van der Waals surface area (Å²) in [6.45, 7) is 5.49. The summed E-state index contributed by atoms with van der Waals surface area (Å²) in [4.78, 5) is 29.6. The average Bonchev–Trinajstić information content (AvgIpc) is 3.37. The van der Waals surface area contributed by atoms with E-state index in [1.165, 1.54) is 23.1 Å². The zero-order chi connectivity index (χ0) is 21.8. The second kappa shape index (κ2) is 9.58. The number of ether oxygens (including phenoxy) is 1. The predicted molar refractivity (Wildman–Crippen MR) is 122 cm³/mol. The van der Waals surface area contributed by atoms with Crippen molar-refractivity contribution in [2.24, 2.45) is 0 Å². The Hall–Kier alpha value is -2.76. The second-order valence-corrected chi connectivity index (χ2v) is 8.57. The fourth-order valence-electron chi connectivity index (χ4n) is 3.19. The Balaban J connectivity index is 1.63. The van der Waals surface area contributed by atoms with Crippen molar-refractivity contribution < 1.29 is 9.53 Å². The highest BCUT2D eigenvalue weighted by Gasteiger charge is 2.17. The van der Waals surface area contributed by atoms with Gasteiger partial charge in [-0.15, -0.1) is 21.5 Å². The number of amides is 1. The van der Waals surface area contributed by atoms with Crippen LogP contribution >= 0.6 is 23.1 Å². The molecule has 0 saturated heterocycles. The van der Waals surface area contributed by atoms with Crippen molar-refractivity contribution >= 4 is 50.8 Å². The molecule has 4 rings (SSSR count). The lowest BCUT2D eigenvalue weighted by Gasteiger charge is -2.11. The Labute approximate surface area is 186 Å². The van der Waals surface area contributed by atoms with Crippen LogP contribution in [0.2, 0.25) is 0 Å². The standard InChI is InChI=1S/C20H22N6O3S2/c1-3-29-10-6-9-25-17(28)14-7-4-5-8-15(14)26-19(25)23-24-20(26)31-12-16(27)22-18-21-13(2)11-30-18/h4-5,7-8,11H,3,6,9-10,12H2,1-2H3,(H,21,22,27). The molecule has 0 aliphatic carbocycles. The van der Waals surface area contributed by atoms with Crippen molar-refractivity contribution in [3.8, 4) is 0 Å². The van der Waals surface area contributed by atoms with Gasteiger partial charge in [0.15, 0.2) is 10.3 Å². The lowest BCUT2D eigenvalue weighted by Crippen LogP contribution is -2.24. The number of para-hydroxylation sites is 1. The molecule has 1 N–H and O–H groups in total.